The van der Waals surface area contributed by atoms with E-state index in [-0.39, 0.29) is 18.2 Å². The summed E-state index contributed by atoms with van der Waals surface area (Å²) in [6.45, 7) is 5.87. The van der Waals surface area contributed by atoms with E-state index in [0.29, 0.717) is 17.7 Å². The van der Waals surface area contributed by atoms with Gasteiger partial charge in [-0.05, 0) is 56.5 Å². The Labute approximate surface area is 152 Å². The second kappa shape index (κ2) is 7.07. The second-order valence-corrected chi connectivity index (χ2v) is 6.61. The third kappa shape index (κ3) is 3.64. The van der Waals surface area contributed by atoms with E-state index in [9.17, 15) is 14.4 Å². The molecule has 6 heteroatoms. The molecule has 1 aromatic heterocycles. The minimum absolute atomic E-state index is 0.222. The number of nitrogens with zero attached hydrogens (tertiary/aromatic N) is 1. The minimum Gasteiger partial charge on any atom is -0.340 e. The predicted molar refractivity (Wildman–Crippen MR) is 97.5 cm³/mol. The Kier molecular flexibility index (Phi) is 4.84. The minimum atomic E-state index is -0.695. The molecule has 1 atom stereocenters. The van der Waals surface area contributed by atoms with Crippen LogP contribution in [0, 0.1) is 20.8 Å². The normalized spacial score (nSPS) is 17.0. The van der Waals surface area contributed by atoms with E-state index in [1.807, 2.05) is 19.1 Å². The van der Waals surface area contributed by atoms with Crippen LogP contribution in [0.4, 0.5) is 0 Å². The average molecular weight is 351 g/mol. The fourth-order valence-corrected chi connectivity index (χ4v) is 2.93. The summed E-state index contributed by atoms with van der Waals surface area (Å²) < 4.78 is 0. The second-order valence-electron chi connectivity index (χ2n) is 6.61. The first-order chi connectivity index (χ1) is 12.3. The molecule has 1 saturated heterocycles. The van der Waals surface area contributed by atoms with Gasteiger partial charge in [0.15, 0.2) is 0 Å². The summed E-state index contributed by atoms with van der Waals surface area (Å²) in [7, 11) is 0. The third-order valence-electron chi connectivity index (χ3n) is 4.68. The highest BCUT2D eigenvalue weighted by atomic mass is 16.2. The number of carbonyl (C=O) groups is 3. The molecule has 3 amide bonds. The third-order valence-corrected chi connectivity index (χ3v) is 4.68. The lowest BCUT2D eigenvalue weighted by Crippen LogP contribution is -2.52. The van der Waals surface area contributed by atoms with Crippen LogP contribution in [0.15, 0.2) is 30.3 Å². The Morgan fingerprint density at radius 1 is 1.12 bits per heavy atom. The first-order valence-corrected chi connectivity index (χ1v) is 8.55. The first kappa shape index (κ1) is 17.8. The van der Waals surface area contributed by atoms with E-state index >= 15 is 0 Å². The molecule has 3 rings (SSSR count). The van der Waals surface area contributed by atoms with Crippen molar-refractivity contribution in [1.82, 2.24) is 15.6 Å². The van der Waals surface area contributed by atoms with Crippen molar-refractivity contribution in [3.63, 3.8) is 0 Å². The molecule has 0 radical (unpaired) electrons. The van der Waals surface area contributed by atoms with Crippen molar-refractivity contribution >= 4 is 17.7 Å². The Hall–Kier alpha value is -3.02. The highest BCUT2D eigenvalue weighted by molar-refractivity contribution is 6.04. The van der Waals surface area contributed by atoms with Crippen LogP contribution >= 0.6 is 0 Å². The summed E-state index contributed by atoms with van der Waals surface area (Å²) in [6.07, 6.45) is 0.531. The van der Waals surface area contributed by atoms with E-state index in [4.69, 9.17) is 0 Å². The highest BCUT2D eigenvalue weighted by Crippen LogP contribution is 2.22. The first-order valence-electron chi connectivity index (χ1n) is 8.55. The van der Waals surface area contributed by atoms with Gasteiger partial charge < -0.3 is 5.32 Å². The Morgan fingerprint density at radius 2 is 1.88 bits per heavy atom. The number of nitrogens with one attached hydrogen (secondary N) is 2. The molecule has 2 N–H and O–H groups in total. The Bertz CT molecular complexity index is 905. The van der Waals surface area contributed by atoms with Crippen LogP contribution in [0.5, 0.6) is 0 Å². The summed E-state index contributed by atoms with van der Waals surface area (Å²) >= 11 is 0. The molecule has 2 aromatic rings. The molecule has 0 aliphatic carbocycles. The lowest BCUT2D eigenvalue weighted by molar-refractivity contribution is -0.134. The van der Waals surface area contributed by atoms with Crippen LogP contribution < -0.4 is 10.6 Å². The van der Waals surface area contributed by atoms with Crippen LogP contribution in [0.2, 0.25) is 0 Å². The summed E-state index contributed by atoms with van der Waals surface area (Å²) in [4.78, 5) is 40.0. The average Bonchev–Trinajstić information content (AvgIpc) is 2.59. The van der Waals surface area contributed by atoms with Crippen molar-refractivity contribution in [1.29, 1.82) is 0 Å². The van der Waals surface area contributed by atoms with Gasteiger partial charge in [0.05, 0.1) is 17.0 Å². The Morgan fingerprint density at radius 3 is 2.54 bits per heavy atom. The van der Waals surface area contributed by atoms with Crippen LogP contribution in [-0.4, -0.2) is 28.7 Å². The lowest BCUT2D eigenvalue weighted by Gasteiger charge is -2.22. The standard InChI is InChI=1S/C20H21N3O3/c1-11-4-5-14(10-12(11)2)16-7-6-15(13(3)21-16)19(25)22-17-8-9-18(24)23-20(17)26/h4-7,10,17H,8-9H2,1-3H3,(H,22,25)(H,23,24,26). The summed E-state index contributed by atoms with van der Waals surface area (Å²) in [5.41, 5.74) is 5.19. The molecule has 26 heavy (non-hydrogen) atoms. The van der Waals surface area contributed by atoms with Crippen molar-refractivity contribution in [2.75, 3.05) is 0 Å². The van der Waals surface area contributed by atoms with Gasteiger partial charge in [0, 0.05) is 12.0 Å². The van der Waals surface area contributed by atoms with Crippen molar-refractivity contribution in [3.05, 3.63) is 52.7 Å². The van der Waals surface area contributed by atoms with Gasteiger partial charge in [-0.2, -0.15) is 0 Å². The zero-order chi connectivity index (χ0) is 18.8. The Balaban J connectivity index is 1.78. The molecule has 2 heterocycles. The smallest absolute Gasteiger partial charge is 0.253 e. The number of hydrogen-bond acceptors (Lipinski definition) is 4. The predicted octanol–water partition coefficient (Wildman–Crippen LogP) is 2.21. The monoisotopic (exact) mass is 351 g/mol. The topological polar surface area (TPSA) is 88.2 Å². The zero-order valence-electron chi connectivity index (χ0n) is 15.1. The van der Waals surface area contributed by atoms with Crippen LogP contribution in [0.1, 0.15) is 40.0 Å². The van der Waals surface area contributed by atoms with Crippen molar-refractivity contribution in [3.8, 4) is 11.3 Å². The van der Waals surface area contributed by atoms with Crippen molar-refractivity contribution < 1.29 is 14.4 Å². The van der Waals surface area contributed by atoms with Crippen LogP contribution in [0.3, 0.4) is 0 Å². The van der Waals surface area contributed by atoms with Gasteiger partial charge in [-0.1, -0.05) is 12.1 Å². The number of piperidine rings is 1. The summed E-state index contributed by atoms with van der Waals surface area (Å²) in [5.74, 6) is -1.14. The number of rotatable bonds is 3. The fraction of sp³-hybridized carbons (Fsp3) is 0.300. The molecule has 6 nitrogen and oxygen atoms in total. The molecule has 1 aliphatic heterocycles. The van der Waals surface area contributed by atoms with Crippen LogP contribution in [0.25, 0.3) is 11.3 Å². The summed E-state index contributed by atoms with van der Waals surface area (Å²) in [6, 6.07) is 8.95. The maximum absolute atomic E-state index is 12.5. The molecule has 0 spiro atoms. The maximum Gasteiger partial charge on any atom is 0.253 e. The van der Waals surface area contributed by atoms with Crippen molar-refractivity contribution in [2.24, 2.45) is 0 Å². The van der Waals surface area contributed by atoms with E-state index in [1.165, 1.54) is 11.1 Å². The van der Waals surface area contributed by atoms with Gasteiger partial charge in [-0.25, -0.2) is 0 Å². The number of hydrogen-bond donors (Lipinski definition) is 2. The van der Waals surface area contributed by atoms with Gasteiger partial charge in [0.25, 0.3) is 5.91 Å². The van der Waals surface area contributed by atoms with Crippen molar-refractivity contribution in [2.45, 2.75) is 39.7 Å². The van der Waals surface area contributed by atoms with E-state index in [2.05, 4.69) is 28.6 Å². The largest absolute Gasteiger partial charge is 0.340 e. The fourth-order valence-electron chi connectivity index (χ4n) is 2.93. The van der Waals surface area contributed by atoms with E-state index in [1.54, 1.807) is 19.1 Å². The number of carbonyl (C=O) groups excluding carboxylic acids is 3. The molecule has 1 aromatic carbocycles. The van der Waals surface area contributed by atoms with Gasteiger partial charge in [0.2, 0.25) is 11.8 Å². The molecular weight excluding hydrogens is 330 g/mol. The summed E-state index contributed by atoms with van der Waals surface area (Å²) in [5, 5.41) is 4.91. The molecule has 134 valence electrons. The highest BCUT2D eigenvalue weighted by Gasteiger charge is 2.28. The molecular formula is C20H21N3O3. The molecule has 1 unspecified atom stereocenters. The number of aromatic nitrogens is 1. The molecule has 0 bridgehead atoms. The molecule has 0 saturated carbocycles. The number of amides is 3. The zero-order valence-corrected chi connectivity index (χ0v) is 15.1. The number of imide groups is 1. The van der Waals surface area contributed by atoms with E-state index < -0.39 is 11.9 Å². The lowest BCUT2D eigenvalue weighted by atomic mass is 10.0. The SMILES string of the molecule is Cc1ccc(-c2ccc(C(=O)NC3CCC(=O)NC3=O)c(C)n2)cc1C. The van der Waals surface area contributed by atoms with Crippen LogP contribution in [-0.2, 0) is 9.59 Å². The number of aryl methyl sites for hydroxylation is 3. The maximum atomic E-state index is 12.5. The van der Waals surface area contributed by atoms with E-state index in [0.717, 1.165) is 11.3 Å². The van der Waals surface area contributed by atoms with Gasteiger partial charge in [-0.15, -0.1) is 0 Å². The van der Waals surface area contributed by atoms with Gasteiger partial charge in [-0.3, -0.25) is 24.7 Å². The molecule has 1 fully saturated rings. The van der Waals surface area contributed by atoms with Gasteiger partial charge >= 0.3 is 0 Å². The molecule has 1 aliphatic rings. The van der Waals surface area contributed by atoms with Gasteiger partial charge in [0.1, 0.15) is 6.04 Å². The number of benzene rings is 1. The quantitative estimate of drug-likeness (QED) is 0.830. The number of pyridine rings is 1.